The van der Waals surface area contributed by atoms with Crippen LogP contribution in [0.2, 0.25) is 0 Å². The van der Waals surface area contributed by atoms with Crippen LogP contribution in [0.15, 0.2) is 35.3 Å². The molecule has 1 saturated carbocycles. The van der Waals surface area contributed by atoms with Crippen LogP contribution in [0.3, 0.4) is 0 Å². The van der Waals surface area contributed by atoms with Gasteiger partial charge in [-0.3, -0.25) is 0 Å². The van der Waals surface area contributed by atoms with Gasteiger partial charge in [0.1, 0.15) is 0 Å². The van der Waals surface area contributed by atoms with Gasteiger partial charge in [-0.15, -0.1) is 0 Å². The number of benzene rings is 1. The molecule has 0 unspecified atom stereocenters. The monoisotopic (exact) mass is 445 g/mol. The molecule has 1 aromatic rings. The van der Waals surface area contributed by atoms with E-state index in [9.17, 15) is 0 Å². The number of hydrogen-bond donors (Lipinski definition) is 0. The predicted molar refractivity (Wildman–Crippen MR) is 85.4 cm³/mol. The van der Waals surface area contributed by atoms with E-state index < -0.39 is 0 Å². The van der Waals surface area contributed by atoms with E-state index in [0.29, 0.717) is 0 Å². The van der Waals surface area contributed by atoms with E-state index in [1.54, 1.807) is 14.0 Å². The molecular weight excluding hydrogens is 423 g/mol. The summed E-state index contributed by atoms with van der Waals surface area (Å²) in [6.07, 6.45) is 12.6. The molecule has 1 aromatic carbocycles. The van der Waals surface area contributed by atoms with Crippen LogP contribution in [-0.2, 0) is 16.8 Å². The van der Waals surface area contributed by atoms with Crippen molar-refractivity contribution in [2.24, 2.45) is 4.99 Å². The Balaban J connectivity index is -0.000000228. The topological polar surface area (TPSA) is 12.4 Å². The summed E-state index contributed by atoms with van der Waals surface area (Å²) in [7, 11) is 1.80. The number of rotatable bonds is 1. The Labute approximate surface area is 154 Å². The molecule has 1 aliphatic carbocycles. The second kappa shape index (κ2) is 19.6. The van der Waals surface area contributed by atoms with Gasteiger partial charge in [0.15, 0.2) is 0 Å². The molecule has 0 atom stereocenters. The molecule has 0 amide bonds. The van der Waals surface area contributed by atoms with Crippen molar-refractivity contribution in [3.63, 3.8) is 0 Å². The molecule has 1 aliphatic rings. The van der Waals surface area contributed by atoms with Gasteiger partial charge in [0.25, 0.3) is 0 Å². The molecule has 1 nitrogen and oxygen atoms in total. The molecule has 1 fully saturated rings. The van der Waals surface area contributed by atoms with Crippen LogP contribution in [-0.4, -0.2) is 26.6 Å². The summed E-state index contributed by atoms with van der Waals surface area (Å²) in [5, 5.41) is 1.48. The summed E-state index contributed by atoms with van der Waals surface area (Å²) in [6, 6.07) is 10.6. The molecule has 111 valence electrons. The van der Waals surface area contributed by atoms with Crippen LogP contribution in [0.25, 0.3) is 0 Å². The van der Waals surface area contributed by atoms with Gasteiger partial charge in [0.2, 0.25) is 0 Å². The van der Waals surface area contributed by atoms with Crippen molar-refractivity contribution >= 4 is 19.4 Å². The normalized spacial score (nSPS) is 12.4. The van der Waals surface area contributed by atoms with Crippen LogP contribution in [0.4, 0.5) is 0 Å². The molecule has 4 heteroatoms. The molecule has 0 aromatic heterocycles. The maximum Gasteiger partial charge on any atom is 3.00 e. The van der Waals surface area contributed by atoms with Crippen molar-refractivity contribution in [2.75, 3.05) is 20.4 Å². The van der Waals surface area contributed by atoms with Crippen molar-refractivity contribution in [1.29, 1.82) is 0 Å². The fourth-order valence-corrected chi connectivity index (χ4v) is 1.82. The Hall–Kier alpha value is 0.556. The van der Waals surface area contributed by atoms with Crippen molar-refractivity contribution in [3.8, 4) is 0 Å². The van der Waals surface area contributed by atoms with E-state index >= 15 is 0 Å². The number of nitrogens with zero attached hydrogens (tertiary/aromatic N) is 1. The fraction of sp³-hybridized carbons (Fsp3) is 0.250. The molecule has 0 saturated heterocycles. The molecule has 2 rings (SSSR count). The molecule has 0 heterocycles. The first-order valence-corrected chi connectivity index (χ1v) is 8.10. The summed E-state index contributed by atoms with van der Waals surface area (Å²) in [4.78, 5) is 3.49. The first kappa shape index (κ1) is 25.5. The van der Waals surface area contributed by atoms with Gasteiger partial charge in [-0.2, -0.15) is 6.92 Å². The average Bonchev–Trinajstić information content (AvgIpc) is 2.99. The number of aliphatic imine (C=N–C) groups is 1. The van der Waals surface area contributed by atoms with Gasteiger partial charge in [0.05, 0.1) is 0 Å². The van der Waals surface area contributed by atoms with Crippen molar-refractivity contribution in [1.82, 2.24) is 0 Å². The Morgan fingerprint density at radius 2 is 1.25 bits per heavy atom. The summed E-state index contributed by atoms with van der Waals surface area (Å²) >= 11 is 0. The van der Waals surface area contributed by atoms with Crippen LogP contribution in [0.5, 0.6) is 0 Å². The summed E-state index contributed by atoms with van der Waals surface area (Å²) in [5.74, 6) is 0. The molecule has 0 bridgehead atoms. The first-order chi connectivity index (χ1) is 8.72. The third-order valence-electron chi connectivity index (χ3n) is 2.05. The zero-order valence-corrected chi connectivity index (χ0v) is 16.5. The predicted octanol–water partition coefficient (Wildman–Crippen LogP) is 0.660. The maximum atomic E-state index is 3.49. The van der Waals surface area contributed by atoms with E-state index in [0.717, 1.165) is 0 Å². The van der Waals surface area contributed by atoms with Gasteiger partial charge in [-0.1, -0.05) is 38.3 Å². The van der Waals surface area contributed by atoms with Crippen LogP contribution in [0, 0.1) is 32.1 Å². The van der Waals surface area contributed by atoms with Crippen molar-refractivity contribution in [3.05, 3.63) is 62.4 Å². The third kappa shape index (κ3) is 16.6. The minimum Gasteiger partial charge on any atom is -1.00 e. The van der Waals surface area contributed by atoms with E-state index in [-0.39, 0.29) is 48.7 Å². The molecule has 0 aliphatic heterocycles. The van der Waals surface area contributed by atoms with Gasteiger partial charge >= 0.3 is 16.8 Å². The molecular formula is C16H22CoINP+. The van der Waals surface area contributed by atoms with E-state index in [1.165, 1.54) is 5.30 Å². The van der Waals surface area contributed by atoms with Gasteiger partial charge in [-0.05, 0) is 57.8 Å². The molecule has 20 heavy (non-hydrogen) atoms. The van der Waals surface area contributed by atoms with E-state index in [1.807, 2.05) is 32.1 Å². The third-order valence-corrected chi connectivity index (χ3v) is 3.38. The summed E-state index contributed by atoms with van der Waals surface area (Å²) in [6.45, 7) is 6.30. The standard InChI is InChI=1S/C8H11P.C5H5.C3H6N.Co.HI/c1-9(2)8-6-4-3-5-7-8;1-2-4-5-3-1;1-3-4-2;;/h3-7H,1-2H3;1-5H;1-2H3;;1H/q;;-1;+3;/p-1. The minimum absolute atomic E-state index is 0. The number of hydrogen-bond acceptors (Lipinski definition) is 1. The Morgan fingerprint density at radius 1 is 0.900 bits per heavy atom. The second-order valence-electron chi connectivity index (χ2n) is 3.64. The number of halogens is 1. The largest absolute Gasteiger partial charge is 3.00 e. The molecule has 5 radical (unpaired) electrons. The quantitative estimate of drug-likeness (QED) is 0.261. The van der Waals surface area contributed by atoms with Gasteiger partial charge < -0.3 is 35.2 Å². The maximum absolute atomic E-state index is 3.49. The van der Waals surface area contributed by atoms with Gasteiger partial charge in [-0.25, -0.2) is 0 Å². The Bertz CT molecular complexity index is 289. The molecule has 0 N–H and O–H groups in total. The molecule has 0 spiro atoms. The van der Waals surface area contributed by atoms with E-state index in [4.69, 9.17) is 0 Å². The zero-order valence-electron chi connectivity index (χ0n) is 12.4. The average molecular weight is 445 g/mol. The van der Waals surface area contributed by atoms with Crippen molar-refractivity contribution in [2.45, 2.75) is 6.92 Å². The SMILES string of the molecule is CP(C)c1ccccc1.C[C-]=NC.[CH]1[CH][CH][CH][CH]1.[Co+3].[I-]. The summed E-state index contributed by atoms with van der Waals surface area (Å²) in [5.41, 5.74) is 0. The first-order valence-electron chi connectivity index (χ1n) is 5.87. The van der Waals surface area contributed by atoms with Gasteiger partial charge in [0, 0.05) is 0 Å². The summed E-state index contributed by atoms with van der Waals surface area (Å²) < 4.78 is 0. The van der Waals surface area contributed by atoms with Crippen LogP contribution in [0.1, 0.15) is 6.92 Å². The van der Waals surface area contributed by atoms with Crippen molar-refractivity contribution < 1.29 is 40.8 Å². The van der Waals surface area contributed by atoms with Crippen LogP contribution < -0.4 is 29.3 Å². The fourth-order valence-electron chi connectivity index (χ4n) is 1.05. The smallest absolute Gasteiger partial charge is 1.00 e. The zero-order chi connectivity index (χ0) is 13.6. The minimum atomic E-state index is 0. The second-order valence-corrected chi connectivity index (χ2v) is 5.94. The van der Waals surface area contributed by atoms with E-state index in [2.05, 4.69) is 54.9 Å². The Kier molecular flexibility index (Phi) is 24.9. The van der Waals surface area contributed by atoms with Crippen LogP contribution >= 0.6 is 7.92 Å². The Morgan fingerprint density at radius 3 is 1.45 bits per heavy atom.